The third-order valence-corrected chi connectivity index (χ3v) is 6.25. The van der Waals surface area contributed by atoms with Crippen molar-refractivity contribution in [2.45, 2.75) is 30.6 Å². The normalized spacial score (nSPS) is 14.4. The van der Waals surface area contributed by atoms with Gasteiger partial charge in [-0.1, -0.05) is 12.1 Å². The van der Waals surface area contributed by atoms with Crippen LogP contribution in [-0.4, -0.2) is 22.1 Å². The molecular formula is C18H17N3OS2. The van der Waals surface area contributed by atoms with E-state index in [1.165, 1.54) is 32.8 Å². The monoisotopic (exact) mass is 355 g/mol. The molecule has 0 aliphatic heterocycles. The predicted molar refractivity (Wildman–Crippen MR) is 102 cm³/mol. The summed E-state index contributed by atoms with van der Waals surface area (Å²) in [6.07, 6.45) is 9.69. The van der Waals surface area contributed by atoms with Gasteiger partial charge in [0.1, 0.15) is 11.2 Å². The van der Waals surface area contributed by atoms with Crippen LogP contribution in [0.5, 0.6) is 0 Å². The molecule has 4 nitrogen and oxygen atoms in total. The maximum atomic E-state index is 12.8. The Morgan fingerprint density at radius 1 is 1.25 bits per heavy atom. The van der Waals surface area contributed by atoms with E-state index in [9.17, 15) is 4.79 Å². The van der Waals surface area contributed by atoms with E-state index in [1.54, 1.807) is 29.3 Å². The third-order valence-electron chi connectivity index (χ3n) is 4.31. The molecule has 0 fully saturated rings. The number of aryl methyl sites for hydroxylation is 2. The van der Waals surface area contributed by atoms with Gasteiger partial charge in [-0.2, -0.15) is 9.78 Å². The summed E-state index contributed by atoms with van der Waals surface area (Å²) in [5.74, 6) is 0. The summed E-state index contributed by atoms with van der Waals surface area (Å²) in [4.78, 5) is 20.6. The molecule has 0 radical (unpaired) electrons. The topological polar surface area (TPSA) is 47.2 Å². The van der Waals surface area contributed by atoms with Crippen LogP contribution in [0, 0.1) is 0 Å². The zero-order valence-electron chi connectivity index (χ0n) is 13.4. The maximum Gasteiger partial charge on any atom is 0.282 e. The fraction of sp³-hybridized carbons (Fsp3) is 0.278. The first-order chi connectivity index (χ1) is 11.8. The van der Waals surface area contributed by atoms with Gasteiger partial charge in [-0.05, 0) is 55.2 Å². The molecule has 1 aliphatic carbocycles. The lowest BCUT2D eigenvalue weighted by atomic mass is 9.97. The minimum Gasteiger partial charge on any atom is -0.267 e. The van der Waals surface area contributed by atoms with E-state index < -0.39 is 0 Å². The smallest absolute Gasteiger partial charge is 0.267 e. The first kappa shape index (κ1) is 15.6. The van der Waals surface area contributed by atoms with Gasteiger partial charge in [0.2, 0.25) is 0 Å². The minimum absolute atomic E-state index is 0.0589. The highest BCUT2D eigenvalue weighted by atomic mass is 32.2. The zero-order chi connectivity index (χ0) is 16.5. The molecule has 0 saturated heterocycles. The molecule has 0 N–H and O–H groups in total. The van der Waals surface area contributed by atoms with Gasteiger partial charge in [-0.3, -0.25) is 4.79 Å². The molecule has 2 heterocycles. The molecule has 0 atom stereocenters. The Labute approximate surface area is 148 Å². The van der Waals surface area contributed by atoms with Crippen LogP contribution in [0.2, 0.25) is 0 Å². The van der Waals surface area contributed by atoms with Gasteiger partial charge in [0.25, 0.3) is 5.56 Å². The number of thiophene rings is 1. The van der Waals surface area contributed by atoms with Crippen molar-refractivity contribution in [2.75, 3.05) is 6.26 Å². The molecule has 0 spiro atoms. The van der Waals surface area contributed by atoms with Gasteiger partial charge >= 0.3 is 0 Å². The van der Waals surface area contributed by atoms with Crippen LogP contribution < -0.4 is 5.56 Å². The summed E-state index contributed by atoms with van der Waals surface area (Å²) >= 11 is 3.36. The first-order valence-corrected chi connectivity index (χ1v) is 10.0. The van der Waals surface area contributed by atoms with Crippen LogP contribution in [0.4, 0.5) is 0 Å². The van der Waals surface area contributed by atoms with Crippen molar-refractivity contribution >= 4 is 39.5 Å². The molecule has 1 aliphatic rings. The fourth-order valence-corrected chi connectivity index (χ4v) is 4.67. The minimum atomic E-state index is -0.0589. The van der Waals surface area contributed by atoms with E-state index in [2.05, 4.69) is 10.1 Å². The van der Waals surface area contributed by atoms with Gasteiger partial charge in [-0.25, -0.2) is 4.98 Å². The number of benzene rings is 1. The van der Waals surface area contributed by atoms with Crippen LogP contribution in [-0.2, 0) is 12.8 Å². The molecule has 6 heteroatoms. The highest BCUT2D eigenvalue weighted by molar-refractivity contribution is 7.98. The molecule has 1 aromatic carbocycles. The van der Waals surface area contributed by atoms with Crippen molar-refractivity contribution in [1.82, 2.24) is 9.66 Å². The van der Waals surface area contributed by atoms with E-state index in [0.29, 0.717) is 0 Å². The van der Waals surface area contributed by atoms with Gasteiger partial charge < -0.3 is 0 Å². The average Bonchev–Trinajstić information content (AvgIpc) is 3.01. The second-order valence-electron chi connectivity index (χ2n) is 5.80. The highest BCUT2D eigenvalue weighted by Gasteiger charge is 2.19. The number of aromatic nitrogens is 2. The van der Waals surface area contributed by atoms with Gasteiger partial charge in [0.05, 0.1) is 11.6 Å². The van der Waals surface area contributed by atoms with Gasteiger partial charge in [0, 0.05) is 9.77 Å². The van der Waals surface area contributed by atoms with Crippen molar-refractivity contribution in [3.05, 3.63) is 57.0 Å². The van der Waals surface area contributed by atoms with E-state index in [-0.39, 0.29) is 5.56 Å². The SMILES string of the molecule is CSc1ccc(/C=N/n2cnc3sc4c(c3c2=O)CCCC4)cc1. The van der Waals surface area contributed by atoms with Crippen LogP contribution in [0.3, 0.4) is 0 Å². The largest absolute Gasteiger partial charge is 0.282 e. The Bertz CT molecular complexity index is 970. The molecule has 2 aromatic heterocycles. The predicted octanol–water partition coefficient (Wildman–Crippen LogP) is 3.94. The summed E-state index contributed by atoms with van der Waals surface area (Å²) < 4.78 is 1.35. The van der Waals surface area contributed by atoms with Crippen LogP contribution in [0.25, 0.3) is 10.2 Å². The Kier molecular flexibility index (Phi) is 4.24. The number of rotatable bonds is 3. The zero-order valence-corrected chi connectivity index (χ0v) is 15.0. The standard InChI is InChI=1S/C18H17N3OS2/c1-23-13-8-6-12(7-9-13)10-20-21-11-19-17-16(18(21)22)14-4-2-3-5-15(14)24-17/h6-11H,2-5H2,1H3/b20-10+. The Morgan fingerprint density at radius 2 is 2.04 bits per heavy atom. The summed E-state index contributed by atoms with van der Waals surface area (Å²) in [6.45, 7) is 0. The van der Waals surface area contributed by atoms with Crippen molar-refractivity contribution < 1.29 is 0 Å². The second-order valence-corrected chi connectivity index (χ2v) is 7.77. The van der Waals surface area contributed by atoms with Crippen LogP contribution >= 0.6 is 23.1 Å². The maximum absolute atomic E-state index is 12.8. The fourth-order valence-electron chi connectivity index (χ4n) is 3.04. The molecule has 0 unspecified atom stereocenters. The Morgan fingerprint density at radius 3 is 2.83 bits per heavy atom. The highest BCUT2D eigenvalue weighted by Crippen LogP contribution is 2.33. The van der Waals surface area contributed by atoms with E-state index in [0.717, 1.165) is 35.0 Å². The molecule has 24 heavy (non-hydrogen) atoms. The van der Waals surface area contributed by atoms with Crippen molar-refractivity contribution in [1.29, 1.82) is 0 Å². The molecule has 0 amide bonds. The first-order valence-electron chi connectivity index (χ1n) is 7.96. The quantitative estimate of drug-likeness (QED) is 0.528. The molecule has 0 bridgehead atoms. The third kappa shape index (κ3) is 2.80. The second kappa shape index (κ2) is 6.53. The number of nitrogens with zero attached hydrogens (tertiary/aromatic N) is 3. The van der Waals surface area contributed by atoms with E-state index in [1.807, 2.05) is 30.5 Å². The summed E-state index contributed by atoms with van der Waals surface area (Å²) in [5, 5.41) is 5.10. The number of thioether (sulfide) groups is 1. The van der Waals surface area contributed by atoms with Crippen molar-refractivity contribution in [3.63, 3.8) is 0 Å². The molecule has 122 valence electrons. The summed E-state index contributed by atoms with van der Waals surface area (Å²) in [5.41, 5.74) is 2.11. The molecule has 4 rings (SSSR count). The van der Waals surface area contributed by atoms with E-state index >= 15 is 0 Å². The van der Waals surface area contributed by atoms with Crippen LogP contribution in [0.15, 0.2) is 45.4 Å². The lowest BCUT2D eigenvalue weighted by Crippen LogP contribution is -2.18. The molecule has 3 aromatic rings. The average molecular weight is 355 g/mol. The van der Waals surface area contributed by atoms with Crippen molar-refractivity contribution in [2.24, 2.45) is 5.10 Å². The molecule has 0 saturated carbocycles. The van der Waals surface area contributed by atoms with Gasteiger partial charge in [0.15, 0.2) is 0 Å². The lowest BCUT2D eigenvalue weighted by Gasteiger charge is -2.09. The number of hydrogen-bond acceptors (Lipinski definition) is 5. The summed E-state index contributed by atoms with van der Waals surface area (Å²) in [7, 11) is 0. The number of fused-ring (bicyclic) bond motifs is 3. The number of hydrogen-bond donors (Lipinski definition) is 0. The van der Waals surface area contributed by atoms with Gasteiger partial charge in [-0.15, -0.1) is 23.1 Å². The summed E-state index contributed by atoms with van der Waals surface area (Å²) in [6, 6.07) is 8.09. The van der Waals surface area contributed by atoms with Crippen LogP contribution in [0.1, 0.15) is 28.8 Å². The van der Waals surface area contributed by atoms with Crippen molar-refractivity contribution in [3.8, 4) is 0 Å². The lowest BCUT2D eigenvalue weighted by molar-refractivity contribution is 0.699. The molecular weight excluding hydrogens is 338 g/mol. The van der Waals surface area contributed by atoms with E-state index in [4.69, 9.17) is 0 Å². The Balaban J connectivity index is 1.72. The Hall–Kier alpha value is -1.92.